The summed E-state index contributed by atoms with van der Waals surface area (Å²) in [5.74, 6) is 1.20. The molecule has 3 aliphatic carbocycles. The van der Waals surface area contributed by atoms with Crippen molar-refractivity contribution < 1.29 is 9.53 Å². The SMILES string of the molecule is CC1(C)[C@H]2CC[C@H](OC(=O)c3ccc4ccccc4c3)[C@@H]1C2. The molecule has 5 rings (SSSR count). The van der Waals surface area contributed by atoms with E-state index in [1.807, 2.05) is 36.4 Å². The van der Waals surface area contributed by atoms with Crippen LogP contribution in [0.3, 0.4) is 0 Å². The molecule has 3 saturated carbocycles. The second-order valence-electron chi connectivity index (χ2n) is 7.44. The van der Waals surface area contributed by atoms with Gasteiger partial charge in [-0.05, 0) is 53.5 Å². The number of hydrogen-bond acceptors (Lipinski definition) is 2. The van der Waals surface area contributed by atoms with Crippen molar-refractivity contribution >= 4 is 16.7 Å². The minimum absolute atomic E-state index is 0.0963. The molecule has 0 amide bonds. The molecule has 114 valence electrons. The van der Waals surface area contributed by atoms with Crippen LogP contribution in [0.2, 0.25) is 0 Å². The van der Waals surface area contributed by atoms with Gasteiger partial charge in [0.05, 0.1) is 5.56 Å². The first-order valence-electron chi connectivity index (χ1n) is 8.25. The van der Waals surface area contributed by atoms with Gasteiger partial charge in [0, 0.05) is 5.92 Å². The average Bonchev–Trinajstić information content (AvgIpc) is 2.54. The normalized spacial score (nSPS) is 28.9. The van der Waals surface area contributed by atoms with Crippen LogP contribution in [0.5, 0.6) is 0 Å². The lowest BCUT2D eigenvalue weighted by Gasteiger charge is -2.59. The van der Waals surface area contributed by atoms with Crippen LogP contribution in [0.1, 0.15) is 43.5 Å². The van der Waals surface area contributed by atoms with E-state index < -0.39 is 0 Å². The highest BCUT2D eigenvalue weighted by molar-refractivity contribution is 5.95. The Labute approximate surface area is 131 Å². The van der Waals surface area contributed by atoms with E-state index in [0.29, 0.717) is 16.9 Å². The van der Waals surface area contributed by atoms with Gasteiger partial charge in [-0.1, -0.05) is 44.2 Å². The molecule has 3 atom stereocenters. The second-order valence-corrected chi connectivity index (χ2v) is 7.44. The number of ether oxygens (including phenoxy) is 1. The predicted octanol–water partition coefficient (Wildman–Crippen LogP) is 4.82. The molecule has 2 heteroatoms. The molecule has 0 saturated heterocycles. The van der Waals surface area contributed by atoms with E-state index in [2.05, 4.69) is 19.9 Å². The zero-order valence-corrected chi connectivity index (χ0v) is 13.2. The van der Waals surface area contributed by atoms with E-state index in [4.69, 9.17) is 4.74 Å². The molecule has 3 aliphatic rings. The van der Waals surface area contributed by atoms with E-state index >= 15 is 0 Å². The zero-order chi connectivity index (χ0) is 15.3. The molecular weight excluding hydrogens is 272 g/mol. The van der Waals surface area contributed by atoms with Crippen molar-refractivity contribution in [1.29, 1.82) is 0 Å². The van der Waals surface area contributed by atoms with Crippen LogP contribution < -0.4 is 0 Å². The lowest BCUT2D eigenvalue weighted by Crippen LogP contribution is -2.55. The van der Waals surface area contributed by atoms with Gasteiger partial charge in [-0.15, -0.1) is 0 Å². The molecule has 3 fully saturated rings. The standard InChI is InChI=1S/C20H22O2/c1-20(2)16-9-10-18(17(20)12-16)22-19(21)15-8-7-13-5-3-4-6-14(13)11-15/h3-8,11,16-18H,9-10,12H2,1-2H3/t16-,17-,18-/m0/s1. The minimum atomic E-state index is -0.170. The van der Waals surface area contributed by atoms with Crippen molar-refractivity contribution in [1.82, 2.24) is 0 Å². The van der Waals surface area contributed by atoms with E-state index in [-0.39, 0.29) is 12.1 Å². The lowest BCUT2D eigenvalue weighted by molar-refractivity contribution is -0.143. The molecule has 2 nitrogen and oxygen atoms in total. The van der Waals surface area contributed by atoms with Crippen molar-refractivity contribution in [2.24, 2.45) is 17.3 Å². The van der Waals surface area contributed by atoms with Gasteiger partial charge in [0.1, 0.15) is 6.10 Å². The van der Waals surface area contributed by atoms with Gasteiger partial charge in [0.25, 0.3) is 0 Å². The molecule has 0 spiro atoms. The van der Waals surface area contributed by atoms with Crippen LogP contribution in [0.15, 0.2) is 42.5 Å². The Kier molecular flexibility index (Phi) is 3.04. The first-order valence-corrected chi connectivity index (χ1v) is 8.25. The number of carbonyl (C=O) groups is 1. The Morgan fingerprint density at radius 3 is 2.59 bits per heavy atom. The van der Waals surface area contributed by atoms with Gasteiger partial charge in [-0.2, -0.15) is 0 Å². The molecule has 0 N–H and O–H groups in total. The molecule has 0 aromatic heterocycles. The summed E-state index contributed by atoms with van der Waals surface area (Å²) in [6.45, 7) is 4.64. The fraction of sp³-hybridized carbons (Fsp3) is 0.450. The fourth-order valence-corrected chi connectivity index (χ4v) is 4.41. The van der Waals surface area contributed by atoms with Gasteiger partial charge in [0.15, 0.2) is 0 Å². The van der Waals surface area contributed by atoms with Gasteiger partial charge in [-0.25, -0.2) is 4.79 Å². The Bertz CT molecular complexity index is 729. The number of rotatable bonds is 2. The Morgan fingerprint density at radius 2 is 1.86 bits per heavy atom. The van der Waals surface area contributed by atoms with Crippen molar-refractivity contribution in [2.45, 2.75) is 39.2 Å². The Morgan fingerprint density at radius 1 is 1.09 bits per heavy atom. The zero-order valence-electron chi connectivity index (χ0n) is 13.2. The van der Waals surface area contributed by atoms with Crippen molar-refractivity contribution in [3.63, 3.8) is 0 Å². The summed E-state index contributed by atoms with van der Waals surface area (Å²) in [5.41, 5.74) is 1.00. The third-order valence-corrected chi connectivity index (χ3v) is 6.04. The van der Waals surface area contributed by atoms with E-state index in [0.717, 1.165) is 23.1 Å². The summed E-state index contributed by atoms with van der Waals surface area (Å²) in [7, 11) is 0. The number of esters is 1. The van der Waals surface area contributed by atoms with Crippen LogP contribution >= 0.6 is 0 Å². The second kappa shape index (κ2) is 4.84. The van der Waals surface area contributed by atoms with Gasteiger partial charge < -0.3 is 4.74 Å². The van der Waals surface area contributed by atoms with Gasteiger partial charge in [-0.3, -0.25) is 0 Å². The van der Waals surface area contributed by atoms with E-state index in [9.17, 15) is 4.79 Å². The molecule has 2 bridgehead atoms. The maximum atomic E-state index is 12.5. The van der Waals surface area contributed by atoms with Crippen LogP contribution in [0.4, 0.5) is 0 Å². The van der Waals surface area contributed by atoms with Gasteiger partial charge in [0.2, 0.25) is 0 Å². The number of carbonyl (C=O) groups excluding carboxylic acids is 1. The van der Waals surface area contributed by atoms with Crippen LogP contribution in [0, 0.1) is 17.3 Å². The summed E-state index contributed by atoms with van der Waals surface area (Å²) in [6.07, 6.45) is 3.54. The molecule has 2 aromatic carbocycles. The maximum absolute atomic E-state index is 12.5. The minimum Gasteiger partial charge on any atom is -0.458 e. The van der Waals surface area contributed by atoms with Crippen molar-refractivity contribution in [3.8, 4) is 0 Å². The first kappa shape index (κ1) is 13.8. The third kappa shape index (κ3) is 2.05. The number of benzene rings is 2. The summed E-state index contributed by atoms with van der Waals surface area (Å²) in [5, 5.41) is 2.24. The summed E-state index contributed by atoms with van der Waals surface area (Å²) in [6, 6.07) is 13.9. The molecule has 0 radical (unpaired) electrons. The molecule has 0 aliphatic heterocycles. The highest BCUT2D eigenvalue weighted by atomic mass is 16.5. The molecule has 2 aromatic rings. The van der Waals surface area contributed by atoms with E-state index in [1.165, 1.54) is 12.8 Å². The Hall–Kier alpha value is -1.83. The molecule has 22 heavy (non-hydrogen) atoms. The number of hydrogen-bond donors (Lipinski definition) is 0. The molecule has 0 unspecified atom stereocenters. The number of fused-ring (bicyclic) bond motifs is 3. The van der Waals surface area contributed by atoms with Crippen molar-refractivity contribution in [3.05, 3.63) is 48.0 Å². The molecule has 0 heterocycles. The fourth-order valence-electron chi connectivity index (χ4n) is 4.41. The first-order chi connectivity index (χ1) is 10.6. The largest absolute Gasteiger partial charge is 0.458 e. The molecular formula is C20H22O2. The topological polar surface area (TPSA) is 26.3 Å². The smallest absolute Gasteiger partial charge is 0.338 e. The third-order valence-electron chi connectivity index (χ3n) is 6.04. The van der Waals surface area contributed by atoms with Crippen molar-refractivity contribution in [2.75, 3.05) is 0 Å². The van der Waals surface area contributed by atoms with Gasteiger partial charge >= 0.3 is 5.97 Å². The summed E-state index contributed by atoms with van der Waals surface area (Å²) >= 11 is 0. The average molecular weight is 294 g/mol. The van der Waals surface area contributed by atoms with Crippen LogP contribution in [-0.4, -0.2) is 12.1 Å². The highest BCUT2D eigenvalue weighted by Gasteiger charge is 2.55. The lowest BCUT2D eigenvalue weighted by atomic mass is 9.48. The van der Waals surface area contributed by atoms with Crippen LogP contribution in [0.25, 0.3) is 10.8 Å². The predicted molar refractivity (Wildman–Crippen MR) is 87.8 cm³/mol. The summed E-state index contributed by atoms with van der Waals surface area (Å²) < 4.78 is 5.87. The maximum Gasteiger partial charge on any atom is 0.338 e. The summed E-state index contributed by atoms with van der Waals surface area (Å²) in [4.78, 5) is 12.5. The quantitative estimate of drug-likeness (QED) is 0.742. The van der Waals surface area contributed by atoms with E-state index in [1.54, 1.807) is 0 Å². The van der Waals surface area contributed by atoms with Crippen LogP contribution in [-0.2, 0) is 4.74 Å². The highest BCUT2D eigenvalue weighted by Crippen LogP contribution is 2.59. The monoisotopic (exact) mass is 294 g/mol. The Balaban J connectivity index is 1.54.